The van der Waals surface area contributed by atoms with Gasteiger partial charge in [-0.25, -0.2) is 4.79 Å². The monoisotopic (exact) mass is 330 g/mol. The lowest BCUT2D eigenvalue weighted by molar-refractivity contribution is -0.157. The van der Waals surface area contributed by atoms with Crippen LogP contribution in [0.5, 0.6) is 0 Å². The lowest BCUT2D eigenvalue weighted by atomic mass is 10.1. The molecular formula is C16H26O7. The Morgan fingerprint density at radius 3 is 2.09 bits per heavy atom. The minimum Gasteiger partial charge on any atom is -0.481 e. The van der Waals surface area contributed by atoms with Crippen molar-refractivity contribution in [3.8, 4) is 0 Å². The molecule has 0 aromatic rings. The molecule has 0 fully saturated rings. The molecule has 0 heterocycles. The fourth-order valence-corrected chi connectivity index (χ4v) is 1.85. The van der Waals surface area contributed by atoms with Crippen LogP contribution in [-0.4, -0.2) is 47.4 Å². The third-order valence-corrected chi connectivity index (χ3v) is 3.10. The molecular weight excluding hydrogens is 304 g/mol. The minimum atomic E-state index is -0.876. The largest absolute Gasteiger partial charge is 0.481 e. The molecule has 0 aliphatic carbocycles. The lowest BCUT2D eigenvalue weighted by Crippen LogP contribution is -2.27. The van der Waals surface area contributed by atoms with Gasteiger partial charge in [0.15, 0.2) is 6.10 Å². The highest BCUT2D eigenvalue weighted by Gasteiger charge is 2.14. The normalized spacial score (nSPS) is 11.5. The average Bonchev–Trinajstić information content (AvgIpc) is 2.53. The van der Waals surface area contributed by atoms with Crippen molar-refractivity contribution in [3.63, 3.8) is 0 Å². The molecule has 7 heteroatoms. The third-order valence-electron chi connectivity index (χ3n) is 3.10. The second kappa shape index (κ2) is 13.8. The number of carboxylic acid groups (broad SMARTS) is 1. The Morgan fingerprint density at radius 1 is 1.00 bits per heavy atom. The van der Waals surface area contributed by atoms with Gasteiger partial charge in [0.05, 0.1) is 6.61 Å². The van der Waals surface area contributed by atoms with Gasteiger partial charge in [-0.15, -0.1) is 0 Å². The van der Waals surface area contributed by atoms with E-state index in [4.69, 9.17) is 19.7 Å². The molecule has 1 unspecified atom stereocenters. The Kier molecular flexibility index (Phi) is 12.6. The van der Waals surface area contributed by atoms with E-state index < -0.39 is 30.6 Å². The summed E-state index contributed by atoms with van der Waals surface area (Å²) in [5.74, 6) is -1.85. The first-order valence-corrected chi connectivity index (χ1v) is 7.81. The first kappa shape index (κ1) is 21.1. The number of rotatable bonds is 14. The number of hydrogen-bond donors (Lipinski definition) is 2. The maximum atomic E-state index is 11.5. The number of unbranched alkanes of at least 4 members (excludes halogenated alkanes) is 5. The van der Waals surface area contributed by atoms with Gasteiger partial charge >= 0.3 is 17.9 Å². The number of aliphatic carboxylic acids is 1. The molecule has 7 nitrogen and oxygen atoms in total. The van der Waals surface area contributed by atoms with Crippen LogP contribution in [0.2, 0.25) is 0 Å². The standard InChI is InChI=1S/C16H26O7/c1-2-15(20)23-13(11-17)12-22-16(21)10-8-6-4-3-5-7-9-14(18)19/h2,13,17H,1,3-12H2,(H,18,19). The van der Waals surface area contributed by atoms with E-state index >= 15 is 0 Å². The van der Waals surface area contributed by atoms with Gasteiger partial charge in [0.2, 0.25) is 0 Å². The van der Waals surface area contributed by atoms with Crippen molar-refractivity contribution in [1.29, 1.82) is 0 Å². The van der Waals surface area contributed by atoms with Crippen molar-refractivity contribution in [2.45, 2.75) is 57.5 Å². The van der Waals surface area contributed by atoms with E-state index in [1.807, 2.05) is 0 Å². The van der Waals surface area contributed by atoms with Crippen molar-refractivity contribution in [2.75, 3.05) is 13.2 Å². The zero-order valence-corrected chi connectivity index (χ0v) is 13.4. The maximum absolute atomic E-state index is 11.5. The highest BCUT2D eigenvalue weighted by molar-refractivity contribution is 5.81. The summed E-state index contributed by atoms with van der Waals surface area (Å²) >= 11 is 0. The number of carbonyl (C=O) groups excluding carboxylic acids is 2. The second-order valence-corrected chi connectivity index (χ2v) is 5.14. The van der Waals surface area contributed by atoms with Crippen LogP contribution in [0.3, 0.4) is 0 Å². The summed E-state index contributed by atoms with van der Waals surface area (Å²) in [7, 11) is 0. The Hall–Kier alpha value is -1.89. The van der Waals surface area contributed by atoms with Gasteiger partial charge in [0.25, 0.3) is 0 Å². The molecule has 0 aliphatic rings. The molecule has 0 amide bonds. The van der Waals surface area contributed by atoms with E-state index in [2.05, 4.69) is 6.58 Å². The van der Waals surface area contributed by atoms with Crippen LogP contribution in [-0.2, 0) is 23.9 Å². The third kappa shape index (κ3) is 13.5. The highest BCUT2D eigenvalue weighted by Crippen LogP contribution is 2.09. The van der Waals surface area contributed by atoms with Crippen molar-refractivity contribution in [2.24, 2.45) is 0 Å². The summed E-state index contributed by atoms with van der Waals surface area (Å²) in [5, 5.41) is 17.5. The number of hydrogen-bond acceptors (Lipinski definition) is 6. The van der Waals surface area contributed by atoms with Gasteiger partial charge in [0.1, 0.15) is 6.61 Å². The van der Waals surface area contributed by atoms with Gasteiger partial charge in [-0.1, -0.05) is 32.3 Å². The number of ether oxygens (including phenoxy) is 2. The van der Waals surface area contributed by atoms with Crippen LogP contribution in [0.1, 0.15) is 51.4 Å². The molecule has 0 saturated carbocycles. The highest BCUT2D eigenvalue weighted by atomic mass is 16.6. The predicted molar refractivity (Wildman–Crippen MR) is 82.7 cm³/mol. The molecule has 0 aromatic heterocycles. The van der Waals surface area contributed by atoms with Gasteiger partial charge in [0, 0.05) is 18.9 Å². The minimum absolute atomic E-state index is 0.176. The first-order chi connectivity index (χ1) is 11.0. The lowest BCUT2D eigenvalue weighted by Gasteiger charge is -2.14. The van der Waals surface area contributed by atoms with Gasteiger partial charge in [-0.2, -0.15) is 0 Å². The molecule has 0 aromatic carbocycles. The summed E-state index contributed by atoms with van der Waals surface area (Å²) in [6.07, 6.45) is 5.59. The molecule has 2 N–H and O–H groups in total. The zero-order valence-electron chi connectivity index (χ0n) is 13.4. The first-order valence-electron chi connectivity index (χ1n) is 7.81. The fraction of sp³-hybridized carbons (Fsp3) is 0.688. The summed E-state index contributed by atoms with van der Waals surface area (Å²) < 4.78 is 9.71. The summed E-state index contributed by atoms with van der Waals surface area (Å²) in [6, 6.07) is 0. The molecule has 0 spiro atoms. The summed E-state index contributed by atoms with van der Waals surface area (Å²) in [4.78, 5) is 32.8. The molecule has 0 rings (SSSR count). The Bertz CT molecular complexity index is 379. The van der Waals surface area contributed by atoms with E-state index in [0.29, 0.717) is 12.8 Å². The van der Waals surface area contributed by atoms with Gasteiger partial charge in [-0.05, 0) is 12.8 Å². The summed E-state index contributed by atoms with van der Waals surface area (Å²) in [6.45, 7) is 2.63. The summed E-state index contributed by atoms with van der Waals surface area (Å²) in [5.41, 5.74) is 0. The van der Waals surface area contributed by atoms with E-state index in [1.54, 1.807) is 0 Å². The zero-order chi connectivity index (χ0) is 17.5. The van der Waals surface area contributed by atoms with Crippen molar-refractivity contribution >= 4 is 17.9 Å². The Labute approximate surface area is 136 Å². The van der Waals surface area contributed by atoms with Gasteiger partial charge in [-0.3, -0.25) is 9.59 Å². The fourth-order valence-electron chi connectivity index (χ4n) is 1.85. The molecule has 0 saturated heterocycles. The predicted octanol–water partition coefficient (Wildman–Crippen LogP) is 1.83. The van der Waals surface area contributed by atoms with Crippen LogP contribution in [0.15, 0.2) is 12.7 Å². The quantitative estimate of drug-likeness (QED) is 0.284. The van der Waals surface area contributed by atoms with E-state index in [0.717, 1.165) is 31.8 Å². The van der Waals surface area contributed by atoms with Gasteiger partial charge < -0.3 is 19.7 Å². The number of aliphatic hydroxyl groups excluding tert-OH is 1. The molecule has 1 atom stereocenters. The van der Waals surface area contributed by atoms with Crippen LogP contribution >= 0.6 is 0 Å². The SMILES string of the molecule is C=CC(=O)OC(CO)COC(=O)CCCCCCCCC(=O)O. The maximum Gasteiger partial charge on any atom is 0.330 e. The topological polar surface area (TPSA) is 110 Å². The number of aliphatic hydroxyl groups is 1. The van der Waals surface area contributed by atoms with E-state index in [9.17, 15) is 14.4 Å². The molecule has 0 aliphatic heterocycles. The number of carbonyl (C=O) groups is 3. The molecule has 0 bridgehead atoms. The van der Waals surface area contributed by atoms with Crippen LogP contribution < -0.4 is 0 Å². The molecule has 0 radical (unpaired) electrons. The van der Waals surface area contributed by atoms with Crippen LogP contribution in [0.25, 0.3) is 0 Å². The number of carboxylic acids is 1. The van der Waals surface area contributed by atoms with E-state index in [1.165, 1.54) is 0 Å². The van der Waals surface area contributed by atoms with Crippen molar-refractivity contribution in [1.82, 2.24) is 0 Å². The van der Waals surface area contributed by atoms with Crippen molar-refractivity contribution < 1.29 is 34.1 Å². The smallest absolute Gasteiger partial charge is 0.330 e. The van der Waals surface area contributed by atoms with Crippen LogP contribution in [0.4, 0.5) is 0 Å². The van der Waals surface area contributed by atoms with E-state index in [-0.39, 0.29) is 19.4 Å². The second-order valence-electron chi connectivity index (χ2n) is 5.14. The Morgan fingerprint density at radius 2 is 1.57 bits per heavy atom. The van der Waals surface area contributed by atoms with Crippen molar-refractivity contribution in [3.05, 3.63) is 12.7 Å². The average molecular weight is 330 g/mol. The number of esters is 2. The Balaban J connectivity index is 3.57. The molecule has 132 valence electrons. The molecule has 23 heavy (non-hydrogen) atoms. The van der Waals surface area contributed by atoms with Crippen LogP contribution in [0, 0.1) is 0 Å².